The second kappa shape index (κ2) is 9.19. The third kappa shape index (κ3) is 4.30. The van der Waals surface area contributed by atoms with E-state index < -0.39 is 37.4 Å². The van der Waals surface area contributed by atoms with Gasteiger partial charge in [0.2, 0.25) is 0 Å². The molecule has 4 N–H and O–H groups in total. The van der Waals surface area contributed by atoms with Gasteiger partial charge in [0.05, 0.1) is 29.9 Å². The minimum atomic E-state index is -2.80. The number of nitrogens with zero attached hydrogens (tertiary/aromatic N) is 7. The summed E-state index contributed by atoms with van der Waals surface area (Å²) in [6.45, 7) is -2.49. The number of aliphatic hydroxyl groups excluding tert-OH is 2. The van der Waals surface area contributed by atoms with Gasteiger partial charge in [0, 0.05) is 42.3 Å². The number of rotatable bonds is 6. The predicted octanol–water partition coefficient (Wildman–Crippen LogP) is 0.252. The molecular formula is C21H22ClN9O4. The lowest BCUT2D eigenvalue weighted by molar-refractivity contribution is -0.137. The van der Waals surface area contributed by atoms with E-state index in [-0.39, 0.29) is 11.5 Å². The van der Waals surface area contributed by atoms with Crippen LogP contribution in [0.15, 0.2) is 37.3 Å². The Kier molecular flexibility index (Phi) is 5.15. The van der Waals surface area contributed by atoms with Gasteiger partial charge in [-0.1, -0.05) is 11.6 Å². The van der Waals surface area contributed by atoms with Crippen LogP contribution in [-0.2, 0) is 23.1 Å². The molecular weight excluding hydrogens is 478 g/mol. The zero-order chi connectivity index (χ0) is 27.2. The van der Waals surface area contributed by atoms with Gasteiger partial charge in [-0.15, -0.1) is 0 Å². The van der Waals surface area contributed by atoms with E-state index in [0.717, 1.165) is 5.69 Å². The van der Waals surface area contributed by atoms with Gasteiger partial charge in [0.15, 0.2) is 35.1 Å². The lowest BCUT2D eigenvalue weighted by atomic mass is 10.1. The Bertz CT molecular complexity index is 1490. The van der Waals surface area contributed by atoms with E-state index >= 15 is 0 Å². The molecule has 5 heterocycles. The maximum absolute atomic E-state index is 12.4. The first-order valence-electron chi connectivity index (χ1n) is 11.9. The van der Waals surface area contributed by atoms with E-state index in [2.05, 4.69) is 30.2 Å². The summed E-state index contributed by atoms with van der Waals surface area (Å²) in [5.41, 5.74) is 1.74. The van der Waals surface area contributed by atoms with Gasteiger partial charge in [-0.3, -0.25) is 14.3 Å². The zero-order valence-corrected chi connectivity index (χ0v) is 19.0. The van der Waals surface area contributed by atoms with Gasteiger partial charge in [-0.05, 0) is 6.07 Å². The second-order valence-electron chi connectivity index (χ2n) is 7.91. The number of hydrogen-bond acceptors (Lipinski definition) is 10. The molecule has 0 aliphatic carbocycles. The first kappa shape index (κ1) is 19.6. The number of aryl methyl sites for hydroxylation is 1. The summed E-state index contributed by atoms with van der Waals surface area (Å²) in [5, 5.41) is 26.5. The number of imidazole rings is 2. The van der Waals surface area contributed by atoms with Crippen molar-refractivity contribution in [2.45, 2.75) is 31.1 Å². The van der Waals surface area contributed by atoms with Gasteiger partial charge < -0.3 is 30.2 Å². The molecule has 0 saturated carbocycles. The number of likely N-dealkylation sites (N-methyl/N-ethyl adjacent to an activating group) is 1. The Balaban J connectivity index is 1.54. The van der Waals surface area contributed by atoms with E-state index in [1.807, 2.05) is 13.2 Å². The number of pyridine rings is 1. The van der Waals surface area contributed by atoms with Crippen LogP contribution in [0.3, 0.4) is 0 Å². The van der Waals surface area contributed by atoms with E-state index in [0.29, 0.717) is 28.5 Å². The van der Waals surface area contributed by atoms with Crippen LogP contribution in [0.2, 0.25) is 5.02 Å². The molecule has 1 aliphatic rings. The Morgan fingerprint density at radius 1 is 1.26 bits per heavy atom. The SMILES string of the molecule is [2H]C([2H])([2H])NC(=O)[C@H]1O[C@@H](n2cnc3c(NCc4cn(C)cn4)nc(-c4cncc(Cl)c4)nc32)[C@H](O)[C@@H]1O. The number of aliphatic hydroxyl groups is 2. The molecule has 13 nitrogen and oxygen atoms in total. The minimum absolute atomic E-state index is 0.201. The van der Waals surface area contributed by atoms with Crippen LogP contribution in [0.5, 0.6) is 0 Å². The van der Waals surface area contributed by atoms with Crippen molar-refractivity contribution in [1.29, 1.82) is 0 Å². The molecule has 5 rings (SSSR count). The Morgan fingerprint density at radius 2 is 2.11 bits per heavy atom. The van der Waals surface area contributed by atoms with Crippen LogP contribution in [0.1, 0.15) is 16.0 Å². The molecule has 0 spiro atoms. The van der Waals surface area contributed by atoms with E-state index in [4.69, 9.17) is 20.5 Å². The van der Waals surface area contributed by atoms with Crippen LogP contribution in [-0.4, -0.2) is 75.5 Å². The van der Waals surface area contributed by atoms with E-state index in [9.17, 15) is 15.0 Å². The van der Waals surface area contributed by atoms with Gasteiger partial charge in [0.1, 0.15) is 12.2 Å². The summed E-state index contributed by atoms with van der Waals surface area (Å²) in [6.07, 6.45) is 1.53. The Morgan fingerprint density at radius 3 is 2.86 bits per heavy atom. The fourth-order valence-electron chi connectivity index (χ4n) is 3.80. The lowest BCUT2D eigenvalue weighted by Crippen LogP contribution is -2.41. The quantitative estimate of drug-likeness (QED) is 0.287. The fourth-order valence-corrected chi connectivity index (χ4v) is 3.97. The lowest BCUT2D eigenvalue weighted by Gasteiger charge is -2.17. The first-order chi connectivity index (χ1) is 18.0. The van der Waals surface area contributed by atoms with Gasteiger partial charge in [-0.2, -0.15) is 0 Å². The van der Waals surface area contributed by atoms with Crippen molar-refractivity contribution in [3.8, 4) is 11.4 Å². The molecule has 1 amide bonds. The monoisotopic (exact) mass is 502 g/mol. The van der Waals surface area contributed by atoms with Crippen LogP contribution in [0.4, 0.5) is 5.82 Å². The highest BCUT2D eigenvalue weighted by Gasteiger charge is 2.47. The number of halogens is 1. The van der Waals surface area contributed by atoms with Crippen LogP contribution in [0.25, 0.3) is 22.6 Å². The van der Waals surface area contributed by atoms with Crippen LogP contribution < -0.4 is 10.6 Å². The normalized spacial score (nSPS) is 23.6. The van der Waals surface area contributed by atoms with Crippen molar-refractivity contribution in [2.75, 3.05) is 12.3 Å². The third-order valence-electron chi connectivity index (χ3n) is 5.47. The molecule has 0 bridgehead atoms. The second-order valence-corrected chi connectivity index (χ2v) is 8.35. The van der Waals surface area contributed by atoms with Gasteiger partial charge in [0.25, 0.3) is 5.91 Å². The molecule has 0 aromatic carbocycles. The van der Waals surface area contributed by atoms with Crippen molar-refractivity contribution in [1.82, 2.24) is 39.4 Å². The van der Waals surface area contributed by atoms with E-state index in [1.54, 1.807) is 22.3 Å². The summed E-state index contributed by atoms with van der Waals surface area (Å²) in [4.78, 5) is 34.3. The number of aromatic nitrogens is 7. The first-order valence-corrected chi connectivity index (χ1v) is 10.8. The molecule has 14 heteroatoms. The molecule has 4 aromatic heterocycles. The number of ether oxygens (including phenoxy) is 1. The summed E-state index contributed by atoms with van der Waals surface area (Å²) in [7, 11) is 1.85. The maximum Gasteiger partial charge on any atom is 0.251 e. The zero-order valence-electron chi connectivity index (χ0n) is 21.2. The number of amides is 1. The molecule has 4 aromatic rings. The number of fused-ring (bicyclic) bond motifs is 1. The number of hydrogen-bond donors (Lipinski definition) is 4. The molecule has 182 valence electrons. The number of carbonyl (C=O) groups is 1. The Hall–Kier alpha value is -3.65. The molecule has 1 aliphatic heterocycles. The summed E-state index contributed by atoms with van der Waals surface area (Å²) in [5.74, 6) is -0.539. The number of anilines is 1. The van der Waals surface area contributed by atoms with E-state index in [1.165, 1.54) is 23.3 Å². The van der Waals surface area contributed by atoms with Crippen molar-refractivity contribution < 1.29 is 23.9 Å². The summed E-state index contributed by atoms with van der Waals surface area (Å²) >= 11 is 6.12. The standard InChI is InChI=1S/C21H22ClN9O4/c1-23-20(34)16-14(32)15(33)21(35-16)31-9-27-13-18(25-6-12-7-30(2)8-26-12)28-17(29-19(13)31)10-3-11(22)5-24-4-10/h3-5,7-9,14-16,21,32-33H,6H2,1-2H3,(H,23,34)(H,25,28,29)/t14-,15+,16-,21+/m0/s1/i1D3. The molecule has 0 unspecified atom stereocenters. The van der Waals surface area contributed by atoms with Crippen molar-refractivity contribution in [2.24, 2.45) is 7.05 Å². The van der Waals surface area contributed by atoms with Gasteiger partial charge >= 0.3 is 0 Å². The third-order valence-corrected chi connectivity index (χ3v) is 5.68. The average molecular weight is 503 g/mol. The highest BCUT2D eigenvalue weighted by Crippen LogP contribution is 2.33. The fraction of sp³-hybridized carbons (Fsp3) is 0.333. The van der Waals surface area contributed by atoms with Crippen molar-refractivity contribution in [3.63, 3.8) is 0 Å². The minimum Gasteiger partial charge on any atom is -0.387 e. The molecule has 0 radical (unpaired) electrons. The van der Waals surface area contributed by atoms with Crippen LogP contribution in [0, 0.1) is 0 Å². The predicted molar refractivity (Wildman–Crippen MR) is 124 cm³/mol. The summed E-state index contributed by atoms with van der Waals surface area (Å²) in [6, 6.07) is 1.62. The Labute approximate surface area is 208 Å². The smallest absolute Gasteiger partial charge is 0.251 e. The van der Waals surface area contributed by atoms with Crippen molar-refractivity contribution in [3.05, 3.63) is 48.0 Å². The maximum atomic E-state index is 12.4. The molecule has 1 fully saturated rings. The number of carbonyl (C=O) groups excluding carboxylic acids is 1. The molecule has 35 heavy (non-hydrogen) atoms. The average Bonchev–Trinajstić information content (AvgIpc) is 3.54. The largest absolute Gasteiger partial charge is 0.387 e. The summed E-state index contributed by atoms with van der Waals surface area (Å²) < 4.78 is 30.4. The van der Waals surface area contributed by atoms with Crippen LogP contribution >= 0.6 is 11.6 Å². The molecule has 4 atom stereocenters. The highest BCUT2D eigenvalue weighted by molar-refractivity contribution is 6.30. The van der Waals surface area contributed by atoms with Crippen molar-refractivity contribution >= 4 is 34.5 Å². The molecule has 1 saturated heterocycles. The topological polar surface area (TPSA) is 165 Å². The van der Waals surface area contributed by atoms with Gasteiger partial charge in [-0.25, -0.2) is 19.9 Å². The highest BCUT2D eigenvalue weighted by atomic mass is 35.5. The number of nitrogens with one attached hydrogen (secondary N) is 2.